The van der Waals surface area contributed by atoms with Crippen LogP contribution < -0.4 is 4.90 Å². The molecule has 7 heteroatoms. The van der Waals surface area contributed by atoms with E-state index in [2.05, 4.69) is 14.9 Å². The van der Waals surface area contributed by atoms with Gasteiger partial charge in [0.2, 0.25) is 0 Å². The first-order valence-electron chi connectivity index (χ1n) is 9.63. The third kappa shape index (κ3) is 3.00. The lowest BCUT2D eigenvalue weighted by Gasteiger charge is -2.35. The molecule has 1 amide bonds. The molecule has 0 radical (unpaired) electrons. The Balaban J connectivity index is 1.40. The summed E-state index contributed by atoms with van der Waals surface area (Å²) in [6, 6.07) is 1.73. The van der Waals surface area contributed by atoms with Gasteiger partial charge in [-0.25, -0.2) is 9.97 Å². The van der Waals surface area contributed by atoms with Gasteiger partial charge in [0.25, 0.3) is 5.91 Å². The first-order valence-corrected chi connectivity index (χ1v) is 10.4. The van der Waals surface area contributed by atoms with E-state index >= 15 is 0 Å². The highest BCUT2D eigenvalue weighted by Crippen LogP contribution is 2.38. The summed E-state index contributed by atoms with van der Waals surface area (Å²) >= 11 is 1.84. The highest BCUT2D eigenvalue weighted by Gasteiger charge is 2.26. The number of piperazine rings is 1. The molecule has 3 aromatic heterocycles. The zero-order valence-electron chi connectivity index (χ0n) is 15.2. The number of hydrogen-bond acceptors (Lipinski definition) is 6. The molecule has 2 aliphatic rings. The van der Waals surface area contributed by atoms with E-state index in [0.29, 0.717) is 18.7 Å². The number of furan rings is 1. The topological polar surface area (TPSA) is 62.5 Å². The van der Waals surface area contributed by atoms with Gasteiger partial charge >= 0.3 is 0 Å². The molecule has 27 heavy (non-hydrogen) atoms. The van der Waals surface area contributed by atoms with Crippen molar-refractivity contribution >= 4 is 33.3 Å². The number of aromatic nitrogens is 2. The molecular formula is C20H22N4O2S. The van der Waals surface area contributed by atoms with E-state index in [-0.39, 0.29) is 5.91 Å². The van der Waals surface area contributed by atoms with Crippen LogP contribution in [0, 0.1) is 0 Å². The van der Waals surface area contributed by atoms with Gasteiger partial charge in [0, 0.05) is 31.1 Å². The van der Waals surface area contributed by atoms with Gasteiger partial charge in [0.1, 0.15) is 23.2 Å². The molecule has 0 aromatic carbocycles. The smallest absolute Gasteiger partial charge is 0.257 e. The molecule has 5 rings (SSSR count). The minimum absolute atomic E-state index is 0.0423. The summed E-state index contributed by atoms with van der Waals surface area (Å²) in [4.78, 5) is 28.6. The molecule has 6 nitrogen and oxygen atoms in total. The molecule has 0 saturated carbocycles. The molecule has 1 saturated heterocycles. The number of fused-ring (bicyclic) bond motifs is 3. The minimum atomic E-state index is 0.0423. The van der Waals surface area contributed by atoms with Crippen LogP contribution >= 0.6 is 11.3 Å². The standard InChI is InChI=1S/C20H22N4O2S/c25-20(14-6-11-26-12-14)24-9-7-23(8-10-24)18-17-15-4-2-1-3-5-16(15)27-19(17)22-13-21-18/h6,11-13H,1-5,7-10H2. The summed E-state index contributed by atoms with van der Waals surface area (Å²) in [7, 11) is 0. The van der Waals surface area contributed by atoms with Crippen molar-refractivity contribution in [3.8, 4) is 0 Å². The van der Waals surface area contributed by atoms with E-state index in [4.69, 9.17) is 4.42 Å². The SMILES string of the molecule is O=C(c1ccoc1)N1CCN(c2ncnc3sc4c(c23)CCCCC4)CC1. The fraction of sp³-hybridized carbons (Fsp3) is 0.450. The quantitative estimate of drug-likeness (QED) is 0.635. The van der Waals surface area contributed by atoms with Crippen LogP contribution in [0.3, 0.4) is 0 Å². The van der Waals surface area contributed by atoms with Crippen molar-refractivity contribution in [3.63, 3.8) is 0 Å². The Morgan fingerprint density at radius 2 is 1.93 bits per heavy atom. The molecule has 4 heterocycles. The summed E-state index contributed by atoms with van der Waals surface area (Å²) in [5, 5.41) is 1.26. The number of anilines is 1. The molecule has 1 aliphatic heterocycles. The van der Waals surface area contributed by atoms with Crippen LogP contribution in [0.25, 0.3) is 10.2 Å². The lowest BCUT2D eigenvalue weighted by molar-refractivity contribution is 0.0746. The molecule has 3 aromatic rings. The first kappa shape index (κ1) is 16.7. The highest BCUT2D eigenvalue weighted by molar-refractivity contribution is 7.18. The van der Waals surface area contributed by atoms with Crippen LogP contribution in [-0.4, -0.2) is 47.0 Å². The van der Waals surface area contributed by atoms with Gasteiger partial charge in [0.05, 0.1) is 17.2 Å². The van der Waals surface area contributed by atoms with E-state index < -0.39 is 0 Å². The second-order valence-corrected chi connectivity index (χ2v) is 8.32. The number of thiophene rings is 1. The fourth-order valence-electron chi connectivity index (χ4n) is 4.18. The van der Waals surface area contributed by atoms with Gasteiger partial charge in [-0.3, -0.25) is 4.79 Å². The number of hydrogen-bond donors (Lipinski definition) is 0. The average molecular weight is 382 g/mol. The number of amides is 1. The minimum Gasteiger partial charge on any atom is -0.472 e. The molecule has 140 valence electrons. The largest absolute Gasteiger partial charge is 0.472 e. The van der Waals surface area contributed by atoms with Crippen molar-refractivity contribution in [2.24, 2.45) is 0 Å². The van der Waals surface area contributed by atoms with Crippen LogP contribution in [0.2, 0.25) is 0 Å². The lowest BCUT2D eigenvalue weighted by atomic mass is 10.1. The molecular weight excluding hydrogens is 360 g/mol. The van der Waals surface area contributed by atoms with E-state index in [9.17, 15) is 4.79 Å². The number of carbonyl (C=O) groups excluding carboxylic acids is 1. The van der Waals surface area contributed by atoms with Crippen LogP contribution in [0.15, 0.2) is 29.3 Å². The maximum absolute atomic E-state index is 12.5. The molecule has 0 N–H and O–H groups in total. The summed E-state index contributed by atoms with van der Waals surface area (Å²) in [6.07, 6.45) is 10.9. The normalized spacial score (nSPS) is 17.8. The van der Waals surface area contributed by atoms with Gasteiger partial charge in [-0.2, -0.15) is 0 Å². The van der Waals surface area contributed by atoms with Crippen LogP contribution in [0.1, 0.15) is 40.1 Å². The monoisotopic (exact) mass is 382 g/mol. The molecule has 1 fully saturated rings. The molecule has 1 aliphatic carbocycles. The molecule has 0 unspecified atom stereocenters. The first-order chi connectivity index (χ1) is 13.3. The predicted octanol–water partition coefficient (Wildman–Crippen LogP) is 3.52. The molecule has 0 atom stereocenters. The lowest BCUT2D eigenvalue weighted by Crippen LogP contribution is -2.49. The van der Waals surface area contributed by atoms with E-state index in [1.807, 2.05) is 16.2 Å². The van der Waals surface area contributed by atoms with E-state index in [0.717, 1.165) is 30.2 Å². The average Bonchev–Trinajstić information content (AvgIpc) is 3.30. The van der Waals surface area contributed by atoms with Crippen molar-refractivity contribution in [2.45, 2.75) is 32.1 Å². The zero-order chi connectivity index (χ0) is 18.2. The highest BCUT2D eigenvalue weighted by atomic mass is 32.1. The van der Waals surface area contributed by atoms with Crippen LogP contribution in [0.5, 0.6) is 0 Å². The van der Waals surface area contributed by atoms with Crippen LogP contribution in [0.4, 0.5) is 5.82 Å². The van der Waals surface area contributed by atoms with Gasteiger partial charge in [0.15, 0.2) is 0 Å². The third-order valence-electron chi connectivity index (χ3n) is 5.62. The number of nitrogens with zero attached hydrogens (tertiary/aromatic N) is 4. The van der Waals surface area contributed by atoms with Crippen LogP contribution in [-0.2, 0) is 12.8 Å². The van der Waals surface area contributed by atoms with Gasteiger partial charge in [-0.05, 0) is 37.3 Å². The molecule has 0 bridgehead atoms. The van der Waals surface area contributed by atoms with Crippen molar-refractivity contribution in [3.05, 3.63) is 40.9 Å². The van der Waals surface area contributed by atoms with E-state index in [1.54, 1.807) is 18.7 Å². The maximum atomic E-state index is 12.5. The third-order valence-corrected chi connectivity index (χ3v) is 6.82. The van der Waals surface area contributed by atoms with Gasteiger partial charge in [-0.1, -0.05) is 6.42 Å². The zero-order valence-corrected chi connectivity index (χ0v) is 16.0. The second-order valence-electron chi connectivity index (χ2n) is 7.23. The summed E-state index contributed by atoms with van der Waals surface area (Å²) < 4.78 is 5.05. The molecule has 0 spiro atoms. The number of carbonyl (C=O) groups is 1. The predicted molar refractivity (Wildman–Crippen MR) is 105 cm³/mol. The number of rotatable bonds is 2. The summed E-state index contributed by atoms with van der Waals surface area (Å²) in [5.41, 5.74) is 2.09. The Kier molecular flexibility index (Phi) is 4.32. The van der Waals surface area contributed by atoms with Crippen molar-refractivity contribution in [1.82, 2.24) is 14.9 Å². The number of aryl methyl sites for hydroxylation is 2. The van der Waals surface area contributed by atoms with Crippen molar-refractivity contribution in [1.29, 1.82) is 0 Å². The van der Waals surface area contributed by atoms with Gasteiger partial charge < -0.3 is 14.2 Å². The Morgan fingerprint density at radius 1 is 1.07 bits per heavy atom. The van der Waals surface area contributed by atoms with E-state index in [1.165, 1.54) is 47.8 Å². The maximum Gasteiger partial charge on any atom is 0.257 e. The Morgan fingerprint density at radius 3 is 2.74 bits per heavy atom. The Bertz CT molecular complexity index is 958. The second kappa shape index (κ2) is 6.96. The fourth-order valence-corrected chi connectivity index (χ4v) is 5.40. The summed E-state index contributed by atoms with van der Waals surface area (Å²) in [5.74, 6) is 1.09. The van der Waals surface area contributed by atoms with Crippen molar-refractivity contribution in [2.75, 3.05) is 31.1 Å². The summed E-state index contributed by atoms with van der Waals surface area (Å²) in [6.45, 7) is 2.98. The van der Waals surface area contributed by atoms with Crippen molar-refractivity contribution < 1.29 is 9.21 Å². The Hall–Kier alpha value is -2.41. The van der Waals surface area contributed by atoms with Gasteiger partial charge in [-0.15, -0.1) is 11.3 Å². The Labute approximate surface area is 161 Å².